The summed E-state index contributed by atoms with van der Waals surface area (Å²) in [5.41, 5.74) is 0.872. The molecule has 29 heavy (non-hydrogen) atoms. The Morgan fingerprint density at radius 2 is 1.59 bits per heavy atom. The van der Waals surface area contributed by atoms with Gasteiger partial charge in [0.15, 0.2) is 11.6 Å². The van der Waals surface area contributed by atoms with Crippen molar-refractivity contribution in [1.29, 1.82) is 0 Å². The number of esters is 1. The van der Waals surface area contributed by atoms with Gasteiger partial charge in [0.2, 0.25) is 0 Å². The molecule has 1 aromatic carbocycles. The Morgan fingerprint density at radius 1 is 0.897 bits per heavy atom. The van der Waals surface area contributed by atoms with Crippen LogP contribution in [0.25, 0.3) is 11.4 Å². The Hall–Kier alpha value is -2.43. The average Bonchev–Trinajstić information content (AvgIpc) is 2.75. The third kappa shape index (κ3) is 7.84. The van der Waals surface area contributed by atoms with E-state index in [4.69, 9.17) is 9.47 Å². The van der Waals surface area contributed by atoms with Gasteiger partial charge in [-0.05, 0) is 43.5 Å². The number of hydrogen-bond donors (Lipinski definition) is 0. The first-order chi connectivity index (χ1) is 14.2. The second kappa shape index (κ2) is 12.9. The molecule has 0 N–H and O–H groups in total. The van der Waals surface area contributed by atoms with E-state index in [0.29, 0.717) is 23.9 Å². The van der Waals surface area contributed by atoms with Gasteiger partial charge >= 0.3 is 5.97 Å². The molecule has 1 aromatic heterocycles. The minimum Gasteiger partial charge on any atom is -0.490 e. The molecule has 0 saturated heterocycles. The van der Waals surface area contributed by atoms with Crippen molar-refractivity contribution < 1.29 is 14.3 Å². The second-order valence-electron chi connectivity index (χ2n) is 7.34. The van der Waals surface area contributed by atoms with Crippen LogP contribution in [0.2, 0.25) is 0 Å². The summed E-state index contributed by atoms with van der Waals surface area (Å²) in [7, 11) is 0. The lowest BCUT2D eigenvalue weighted by Crippen LogP contribution is -2.19. The van der Waals surface area contributed by atoms with Crippen molar-refractivity contribution in [2.75, 3.05) is 6.61 Å². The number of unbranched alkanes of at least 4 members (excludes halogenated alkanes) is 4. The standard InChI is InChI=1S/C24H34N2O3/c1-4-7-8-9-10-16-28-22-17-25-23(26-18-22)20-12-14-21(15-13-20)29-24(27)19(6-3)11-5-2/h12-15,17-19H,4-11,16H2,1-3H3. The van der Waals surface area contributed by atoms with Gasteiger partial charge in [-0.15, -0.1) is 0 Å². The maximum atomic E-state index is 12.2. The molecule has 158 valence electrons. The fourth-order valence-electron chi connectivity index (χ4n) is 3.14. The molecule has 2 rings (SSSR count). The van der Waals surface area contributed by atoms with Crippen LogP contribution in [0, 0.1) is 5.92 Å². The SMILES string of the molecule is CCCCCCCOc1cnc(-c2ccc(OC(=O)C(CC)CCC)cc2)nc1. The van der Waals surface area contributed by atoms with Crippen molar-refractivity contribution in [3.8, 4) is 22.9 Å². The first kappa shape index (κ1) is 22.9. The molecule has 1 unspecified atom stereocenters. The third-order valence-corrected chi connectivity index (χ3v) is 4.94. The quantitative estimate of drug-likeness (QED) is 0.227. The molecule has 1 heterocycles. The lowest BCUT2D eigenvalue weighted by molar-refractivity contribution is -0.139. The van der Waals surface area contributed by atoms with E-state index in [1.807, 2.05) is 19.1 Å². The highest BCUT2D eigenvalue weighted by Gasteiger charge is 2.17. The highest BCUT2D eigenvalue weighted by molar-refractivity contribution is 5.75. The van der Waals surface area contributed by atoms with Crippen molar-refractivity contribution in [2.24, 2.45) is 5.92 Å². The fraction of sp³-hybridized carbons (Fsp3) is 0.542. The Morgan fingerprint density at radius 3 is 2.21 bits per heavy atom. The van der Waals surface area contributed by atoms with Crippen LogP contribution in [0.5, 0.6) is 11.5 Å². The summed E-state index contributed by atoms with van der Waals surface area (Å²) in [6.07, 6.45) is 12.1. The smallest absolute Gasteiger partial charge is 0.314 e. The van der Waals surface area contributed by atoms with Crippen molar-refractivity contribution in [3.05, 3.63) is 36.7 Å². The van der Waals surface area contributed by atoms with E-state index >= 15 is 0 Å². The minimum absolute atomic E-state index is 0.0396. The van der Waals surface area contributed by atoms with Crippen molar-refractivity contribution in [3.63, 3.8) is 0 Å². The monoisotopic (exact) mass is 398 g/mol. The first-order valence-electron chi connectivity index (χ1n) is 10.9. The van der Waals surface area contributed by atoms with Crippen LogP contribution in [-0.4, -0.2) is 22.5 Å². The Kier molecular flexibility index (Phi) is 10.2. The zero-order valence-corrected chi connectivity index (χ0v) is 18.0. The zero-order chi connectivity index (χ0) is 20.9. The Labute approximate surface area is 174 Å². The summed E-state index contributed by atoms with van der Waals surface area (Å²) in [6, 6.07) is 7.31. The molecule has 0 saturated carbocycles. The maximum absolute atomic E-state index is 12.2. The van der Waals surface area contributed by atoms with E-state index in [1.54, 1.807) is 24.5 Å². The van der Waals surface area contributed by atoms with Gasteiger partial charge in [0.25, 0.3) is 0 Å². The number of carbonyl (C=O) groups is 1. The van der Waals surface area contributed by atoms with Gasteiger partial charge < -0.3 is 9.47 Å². The van der Waals surface area contributed by atoms with E-state index in [2.05, 4.69) is 23.8 Å². The van der Waals surface area contributed by atoms with Crippen LogP contribution >= 0.6 is 0 Å². The third-order valence-electron chi connectivity index (χ3n) is 4.94. The number of hydrogen-bond acceptors (Lipinski definition) is 5. The molecule has 0 aliphatic rings. The van der Waals surface area contributed by atoms with E-state index in [1.165, 1.54) is 25.7 Å². The zero-order valence-electron chi connectivity index (χ0n) is 18.0. The predicted molar refractivity (Wildman–Crippen MR) is 116 cm³/mol. The van der Waals surface area contributed by atoms with E-state index < -0.39 is 0 Å². The van der Waals surface area contributed by atoms with Gasteiger partial charge in [0.1, 0.15) is 5.75 Å². The number of ether oxygens (including phenoxy) is 2. The number of nitrogens with zero attached hydrogens (tertiary/aromatic N) is 2. The van der Waals surface area contributed by atoms with Crippen LogP contribution in [0.1, 0.15) is 72.1 Å². The number of carbonyl (C=O) groups excluding carboxylic acids is 1. The molecule has 0 fully saturated rings. The first-order valence-corrected chi connectivity index (χ1v) is 10.9. The van der Waals surface area contributed by atoms with Crippen LogP contribution < -0.4 is 9.47 Å². The van der Waals surface area contributed by atoms with Crippen LogP contribution in [0.4, 0.5) is 0 Å². The summed E-state index contributed by atoms with van der Waals surface area (Å²) < 4.78 is 11.2. The molecule has 5 nitrogen and oxygen atoms in total. The Balaban J connectivity index is 1.85. The van der Waals surface area contributed by atoms with Gasteiger partial charge in [-0.25, -0.2) is 9.97 Å². The van der Waals surface area contributed by atoms with Crippen LogP contribution in [0.15, 0.2) is 36.7 Å². The minimum atomic E-state index is -0.158. The van der Waals surface area contributed by atoms with Gasteiger partial charge in [-0.1, -0.05) is 52.9 Å². The average molecular weight is 399 g/mol. The number of rotatable bonds is 13. The summed E-state index contributed by atoms with van der Waals surface area (Å²) in [6.45, 7) is 7.00. The molecule has 0 aliphatic heterocycles. The molecule has 0 amide bonds. The molecule has 0 radical (unpaired) electrons. The fourth-order valence-corrected chi connectivity index (χ4v) is 3.14. The normalized spacial score (nSPS) is 11.8. The number of benzene rings is 1. The summed E-state index contributed by atoms with van der Waals surface area (Å²) in [5.74, 6) is 1.67. The van der Waals surface area contributed by atoms with Crippen LogP contribution in [-0.2, 0) is 4.79 Å². The van der Waals surface area contributed by atoms with Gasteiger partial charge in [0.05, 0.1) is 24.9 Å². The molecule has 2 aromatic rings. The maximum Gasteiger partial charge on any atom is 0.314 e. The summed E-state index contributed by atoms with van der Waals surface area (Å²) in [5, 5.41) is 0. The molecular formula is C24H34N2O3. The van der Waals surface area contributed by atoms with Crippen molar-refractivity contribution in [1.82, 2.24) is 9.97 Å². The molecule has 0 spiro atoms. The molecule has 5 heteroatoms. The lowest BCUT2D eigenvalue weighted by Gasteiger charge is -2.13. The summed E-state index contributed by atoms with van der Waals surface area (Å²) in [4.78, 5) is 21.0. The Bertz CT molecular complexity index is 714. The summed E-state index contributed by atoms with van der Waals surface area (Å²) >= 11 is 0. The second-order valence-corrected chi connectivity index (χ2v) is 7.34. The lowest BCUT2D eigenvalue weighted by atomic mass is 10.0. The topological polar surface area (TPSA) is 61.3 Å². The van der Waals surface area contributed by atoms with Gasteiger partial charge in [-0.3, -0.25) is 4.79 Å². The molecule has 0 bridgehead atoms. The van der Waals surface area contributed by atoms with Crippen LogP contribution in [0.3, 0.4) is 0 Å². The number of aromatic nitrogens is 2. The van der Waals surface area contributed by atoms with Crippen molar-refractivity contribution >= 4 is 5.97 Å². The van der Waals surface area contributed by atoms with E-state index in [9.17, 15) is 4.79 Å². The molecule has 0 aliphatic carbocycles. The molecular weight excluding hydrogens is 364 g/mol. The largest absolute Gasteiger partial charge is 0.490 e. The van der Waals surface area contributed by atoms with E-state index in [0.717, 1.165) is 31.2 Å². The van der Waals surface area contributed by atoms with Gasteiger partial charge in [0, 0.05) is 5.56 Å². The molecule has 1 atom stereocenters. The van der Waals surface area contributed by atoms with Crippen molar-refractivity contribution in [2.45, 2.75) is 72.1 Å². The van der Waals surface area contributed by atoms with Gasteiger partial charge in [-0.2, -0.15) is 0 Å². The highest BCUT2D eigenvalue weighted by Crippen LogP contribution is 2.22. The highest BCUT2D eigenvalue weighted by atomic mass is 16.5. The van der Waals surface area contributed by atoms with E-state index in [-0.39, 0.29) is 11.9 Å². The predicted octanol–water partition coefficient (Wildman–Crippen LogP) is 6.22.